The second-order valence-corrected chi connectivity index (χ2v) is 7.36. The van der Waals surface area contributed by atoms with Gasteiger partial charge in [0, 0.05) is 12.6 Å². The number of carbonyl (C=O) groups excluding carboxylic acids is 1. The van der Waals surface area contributed by atoms with Crippen LogP contribution in [0.25, 0.3) is 0 Å². The number of carboxylic acid groups (broad SMARTS) is 1. The van der Waals surface area contributed by atoms with Crippen LogP contribution in [0.5, 0.6) is 0 Å². The first-order valence-electron chi connectivity index (χ1n) is 6.81. The van der Waals surface area contributed by atoms with Crippen LogP contribution in [-0.4, -0.2) is 49.6 Å². The van der Waals surface area contributed by atoms with Gasteiger partial charge in [0.1, 0.15) is 0 Å². The number of aliphatic carboxylic acids is 1. The fourth-order valence-corrected chi connectivity index (χ4v) is 3.89. The second-order valence-electron chi connectivity index (χ2n) is 5.13. The molecule has 0 aliphatic carbocycles. The molecule has 0 spiro atoms. The van der Waals surface area contributed by atoms with Crippen LogP contribution in [0.15, 0.2) is 0 Å². The van der Waals surface area contributed by atoms with E-state index in [1.807, 2.05) is 6.92 Å². The van der Waals surface area contributed by atoms with Gasteiger partial charge in [-0.05, 0) is 19.3 Å². The van der Waals surface area contributed by atoms with Crippen LogP contribution < -0.4 is 10.6 Å². The van der Waals surface area contributed by atoms with Gasteiger partial charge in [-0.3, -0.25) is 4.79 Å². The van der Waals surface area contributed by atoms with E-state index in [9.17, 15) is 18.0 Å². The normalized spacial score (nSPS) is 22.8. The highest BCUT2D eigenvalue weighted by Crippen LogP contribution is 2.12. The monoisotopic (exact) mass is 306 g/mol. The van der Waals surface area contributed by atoms with E-state index >= 15 is 0 Å². The minimum Gasteiger partial charge on any atom is -0.481 e. The lowest BCUT2D eigenvalue weighted by Crippen LogP contribution is -2.48. The molecule has 1 rings (SSSR count). The van der Waals surface area contributed by atoms with Gasteiger partial charge in [0.25, 0.3) is 0 Å². The van der Waals surface area contributed by atoms with E-state index in [4.69, 9.17) is 5.11 Å². The molecular formula is C12H22N2O5S. The number of rotatable bonds is 6. The number of nitrogens with one attached hydrogen (secondary N) is 2. The second kappa shape index (κ2) is 7.47. The van der Waals surface area contributed by atoms with E-state index in [2.05, 4.69) is 10.6 Å². The van der Waals surface area contributed by atoms with Crippen molar-refractivity contribution in [2.24, 2.45) is 5.92 Å². The van der Waals surface area contributed by atoms with E-state index in [0.717, 1.165) is 6.42 Å². The Morgan fingerprint density at radius 1 is 1.40 bits per heavy atom. The number of urea groups is 1. The largest absolute Gasteiger partial charge is 0.481 e. The van der Waals surface area contributed by atoms with Crippen LogP contribution in [0.3, 0.4) is 0 Å². The number of carboxylic acids is 1. The van der Waals surface area contributed by atoms with Crippen molar-refractivity contribution in [2.75, 3.05) is 18.1 Å². The van der Waals surface area contributed by atoms with E-state index in [1.54, 1.807) is 0 Å². The molecule has 1 saturated heterocycles. The zero-order chi connectivity index (χ0) is 15.2. The highest BCUT2D eigenvalue weighted by Gasteiger charge is 2.26. The summed E-state index contributed by atoms with van der Waals surface area (Å²) in [4.78, 5) is 22.6. The highest BCUT2D eigenvalue weighted by molar-refractivity contribution is 7.91. The molecule has 2 atom stereocenters. The molecule has 3 N–H and O–H groups in total. The Bertz CT molecular complexity index is 449. The summed E-state index contributed by atoms with van der Waals surface area (Å²) in [6, 6.07) is -0.891. The third kappa shape index (κ3) is 5.77. The van der Waals surface area contributed by atoms with Gasteiger partial charge in [-0.25, -0.2) is 13.2 Å². The molecule has 0 aromatic carbocycles. The molecular weight excluding hydrogens is 284 g/mol. The summed E-state index contributed by atoms with van der Waals surface area (Å²) >= 11 is 0. The molecule has 1 fully saturated rings. The summed E-state index contributed by atoms with van der Waals surface area (Å²) in [7, 11) is -3.07. The minimum absolute atomic E-state index is 0.0439. The Morgan fingerprint density at radius 2 is 2.10 bits per heavy atom. The average Bonchev–Trinajstić information content (AvgIpc) is 2.32. The Balaban J connectivity index is 2.38. The number of amides is 2. The predicted molar refractivity (Wildman–Crippen MR) is 74.2 cm³/mol. The maximum absolute atomic E-state index is 11.6. The molecule has 1 aliphatic heterocycles. The van der Waals surface area contributed by atoms with E-state index in [1.165, 1.54) is 0 Å². The molecule has 0 aromatic rings. The van der Waals surface area contributed by atoms with Gasteiger partial charge in [-0.15, -0.1) is 0 Å². The molecule has 7 nitrogen and oxygen atoms in total. The van der Waals surface area contributed by atoms with Gasteiger partial charge in [-0.1, -0.05) is 13.3 Å². The van der Waals surface area contributed by atoms with Crippen molar-refractivity contribution in [3.8, 4) is 0 Å². The van der Waals surface area contributed by atoms with E-state index < -0.39 is 27.8 Å². The van der Waals surface area contributed by atoms with Crippen LogP contribution >= 0.6 is 0 Å². The van der Waals surface area contributed by atoms with Crippen LogP contribution in [0.4, 0.5) is 4.79 Å². The Hall–Kier alpha value is -1.31. The van der Waals surface area contributed by atoms with Crippen molar-refractivity contribution in [2.45, 2.75) is 38.6 Å². The molecule has 8 heteroatoms. The third-order valence-electron chi connectivity index (χ3n) is 3.29. The van der Waals surface area contributed by atoms with Crippen LogP contribution in [0, 0.1) is 5.92 Å². The predicted octanol–water partition coefficient (Wildman–Crippen LogP) is 0.364. The van der Waals surface area contributed by atoms with Crippen molar-refractivity contribution in [1.29, 1.82) is 0 Å². The van der Waals surface area contributed by atoms with Crippen molar-refractivity contribution in [3.63, 3.8) is 0 Å². The Morgan fingerprint density at radius 3 is 2.65 bits per heavy atom. The Kier molecular flexibility index (Phi) is 6.25. The maximum Gasteiger partial charge on any atom is 0.315 e. The summed E-state index contributed by atoms with van der Waals surface area (Å²) in [5, 5.41) is 14.0. The van der Waals surface area contributed by atoms with Gasteiger partial charge in [-0.2, -0.15) is 0 Å². The zero-order valence-corrected chi connectivity index (χ0v) is 12.4. The van der Waals surface area contributed by atoms with Crippen molar-refractivity contribution >= 4 is 21.8 Å². The van der Waals surface area contributed by atoms with Crippen LogP contribution in [0.1, 0.15) is 32.6 Å². The van der Waals surface area contributed by atoms with E-state index in [0.29, 0.717) is 19.3 Å². The third-order valence-corrected chi connectivity index (χ3v) is 5.11. The lowest BCUT2D eigenvalue weighted by molar-refractivity contribution is -0.141. The van der Waals surface area contributed by atoms with Gasteiger partial charge < -0.3 is 15.7 Å². The SMILES string of the molecule is CCCC(CNC(=O)NC1CCCS(=O)(=O)C1)C(=O)O. The molecule has 116 valence electrons. The molecule has 1 aliphatic rings. The molecule has 2 amide bonds. The summed E-state index contributed by atoms with van der Waals surface area (Å²) in [6.45, 7) is 1.93. The van der Waals surface area contributed by atoms with Gasteiger partial charge >= 0.3 is 12.0 Å². The molecule has 0 bridgehead atoms. The first-order valence-corrected chi connectivity index (χ1v) is 8.63. The Labute approximate surface area is 119 Å². The standard InChI is InChI=1S/C12H22N2O5S/c1-2-4-9(11(15)16)7-13-12(17)14-10-5-3-6-20(18,19)8-10/h9-10H,2-8H2,1H3,(H,15,16)(H2,13,14,17). The summed E-state index contributed by atoms with van der Waals surface area (Å²) in [5.74, 6) is -1.42. The lowest BCUT2D eigenvalue weighted by Gasteiger charge is -2.23. The molecule has 20 heavy (non-hydrogen) atoms. The topological polar surface area (TPSA) is 113 Å². The quantitative estimate of drug-likeness (QED) is 0.656. The fraction of sp³-hybridized carbons (Fsp3) is 0.833. The number of sulfone groups is 1. The van der Waals surface area contributed by atoms with Crippen molar-refractivity contribution in [3.05, 3.63) is 0 Å². The zero-order valence-electron chi connectivity index (χ0n) is 11.6. The first kappa shape index (κ1) is 16.7. The van der Waals surface area contributed by atoms with Gasteiger partial charge in [0.05, 0.1) is 17.4 Å². The molecule has 2 unspecified atom stereocenters. The molecule has 0 aromatic heterocycles. The number of hydrogen-bond acceptors (Lipinski definition) is 4. The minimum atomic E-state index is -3.07. The van der Waals surface area contributed by atoms with Gasteiger partial charge in [0.15, 0.2) is 9.84 Å². The first-order chi connectivity index (χ1) is 9.34. The molecule has 1 heterocycles. The average molecular weight is 306 g/mol. The lowest BCUT2D eigenvalue weighted by atomic mass is 10.0. The molecule has 0 radical (unpaired) electrons. The summed E-state index contributed by atoms with van der Waals surface area (Å²) in [5.41, 5.74) is 0. The summed E-state index contributed by atoms with van der Waals surface area (Å²) < 4.78 is 22.9. The van der Waals surface area contributed by atoms with Crippen LogP contribution in [-0.2, 0) is 14.6 Å². The number of hydrogen-bond donors (Lipinski definition) is 3. The fourth-order valence-electron chi connectivity index (χ4n) is 2.25. The molecule has 0 saturated carbocycles. The van der Waals surface area contributed by atoms with Crippen molar-refractivity contribution in [1.82, 2.24) is 10.6 Å². The van der Waals surface area contributed by atoms with Crippen molar-refractivity contribution < 1.29 is 23.1 Å². The maximum atomic E-state index is 11.6. The smallest absolute Gasteiger partial charge is 0.315 e. The highest BCUT2D eigenvalue weighted by atomic mass is 32.2. The van der Waals surface area contributed by atoms with Gasteiger partial charge in [0.2, 0.25) is 0 Å². The summed E-state index contributed by atoms with van der Waals surface area (Å²) in [6.07, 6.45) is 2.39. The van der Waals surface area contributed by atoms with E-state index in [-0.39, 0.29) is 24.1 Å². The van der Waals surface area contributed by atoms with Crippen LogP contribution in [0.2, 0.25) is 0 Å². The number of carbonyl (C=O) groups is 2.